The van der Waals surface area contributed by atoms with Crippen LogP contribution in [0.25, 0.3) is 0 Å². The fourth-order valence-electron chi connectivity index (χ4n) is 1.16. The van der Waals surface area contributed by atoms with Gasteiger partial charge >= 0.3 is 18.4 Å². The highest BCUT2D eigenvalue weighted by atomic mass is 19.4. The maximum Gasteiger partial charge on any atom is 0.452 e. The van der Waals surface area contributed by atoms with Crippen LogP contribution in [0.4, 0.5) is 13.2 Å². The Bertz CT molecular complexity index is 387. The van der Waals surface area contributed by atoms with Crippen LogP contribution >= 0.6 is 0 Å². The molecule has 1 aromatic carbocycles. The number of hydrogen-bond donors (Lipinski definition) is 0. The summed E-state index contributed by atoms with van der Waals surface area (Å²) in [5, 5.41) is 0. The topological polar surface area (TPSA) is 35.5 Å². The van der Waals surface area contributed by atoms with Crippen molar-refractivity contribution < 1.29 is 27.4 Å². The summed E-state index contributed by atoms with van der Waals surface area (Å²) in [5.74, 6) is -1.07. The summed E-state index contributed by atoms with van der Waals surface area (Å²) in [5.41, 5.74) is 0.0408. The van der Waals surface area contributed by atoms with Crippen molar-refractivity contribution in [3.63, 3.8) is 0 Å². The van der Waals surface area contributed by atoms with Crippen molar-refractivity contribution in [2.45, 2.75) is 32.4 Å². The van der Waals surface area contributed by atoms with Crippen molar-refractivity contribution in [3.05, 3.63) is 35.9 Å². The standard InChI is InChI=1S/C12H13F3O3/c1-8(2)17-11(12(13,14)15)18-10(16)9-6-4-3-5-7-9/h3-8,11H,1-2H3/t11-/m0/s1. The van der Waals surface area contributed by atoms with Crippen LogP contribution in [0, 0.1) is 0 Å². The second kappa shape index (κ2) is 5.86. The molecule has 1 atom stereocenters. The SMILES string of the molecule is CC(C)O[C@@H](OC(=O)c1ccccc1)C(F)(F)F. The zero-order valence-electron chi connectivity index (χ0n) is 9.90. The van der Waals surface area contributed by atoms with Crippen molar-refractivity contribution in [2.75, 3.05) is 0 Å². The number of rotatable bonds is 4. The molecule has 1 aromatic rings. The molecule has 0 heterocycles. The minimum absolute atomic E-state index is 0.0408. The van der Waals surface area contributed by atoms with Crippen LogP contribution in [0.5, 0.6) is 0 Å². The molecule has 0 bridgehead atoms. The monoisotopic (exact) mass is 262 g/mol. The van der Waals surface area contributed by atoms with E-state index in [1.54, 1.807) is 6.07 Å². The minimum atomic E-state index is -4.76. The predicted molar refractivity (Wildman–Crippen MR) is 57.9 cm³/mol. The molecule has 6 heteroatoms. The summed E-state index contributed by atoms with van der Waals surface area (Å²) in [4.78, 5) is 11.5. The summed E-state index contributed by atoms with van der Waals surface area (Å²) in [6, 6.07) is 7.43. The molecule has 1 rings (SSSR count). The molecule has 0 saturated carbocycles. The summed E-state index contributed by atoms with van der Waals surface area (Å²) < 4.78 is 46.5. The lowest BCUT2D eigenvalue weighted by molar-refractivity contribution is -0.300. The van der Waals surface area contributed by atoms with E-state index >= 15 is 0 Å². The van der Waals surface area contributed by atoms with E-state index < -0.39 is 24.5 Å². The van der Waals surface area contributed by atoms with Gasteiger partial charge in [0.05, 0.1) is 11.7 Å². The van der Waals surface area contributed by atoms with Gasteiger partial charge < -0.3 is 9.47 Å². The van der Waals surface area contributed by atoms with Gasteiger partial charge in [-0.2, -0.15) is 13.2 Å². The number of hydrogen-bond acceptors (Lipinski definition) is 3. The first kappa shape index (κ1) is 14.5. The molecule has 0 unspecified atom stereocenters. The van der Waals surface area contributed by atoms with Crippen LogP contribution < -0.4 is 0 Å². The van der Waals surface area contributed by atoms with Gasteiger partial charge in [0.25, 0.3) is 0 Å². The molecule has 0 fully saturated rings. The van der Waals surface area contributed by atoms with Crippen molar-refractivity contribution in [2.24, 2.45) is 0 Å². The first-order chi connectivity index (χ1) is 8.30. The van der Waals surface area contributed by atoms with Crippen molar-refractivity contribution in [3.8, 4) is 0 Å². The molecule has 3 nitrogen and oxygen atoms in total. The number of esters is 1. The summed E-state index contributed by atoms with van der Waals surface area (Å²) in [6.07, 6.45) is -8.01. The summed E-state index contributed by atoms with van der Waals surface area (Å²) >= 11 is 0. The molecule has 0 aliphatic heterocycles. The van der Waals surface area contributed by atoms with Crippen LogP contribution in [0.15, 0.2) is 30.3 Å². The number of alkyl halides is 3. The molecule has 0 N–H and O–H groups in total. The van der Waals surface area contributed by atoms with E-state index in [1.165, 1.54) is 38.1 Å². The van der Waals surface area contributed by atoms with Crippen LogP contribution in [0.1, 0.15) is 24.2 Å². The Balaban J connectivity index is 2.75. The highest BCUT2D eigenvalue weighted by Gasteiger charge is 2.44. The Morgan fingerprint density at radius 2 is 1.72 bits per heavy atom. The maximum absolute atomic E-state index is 12.6. The highest BCUT2D eigenvalue weighted by Crippen LogP contribution is 2.25. The summed E-state index contributed by atoms with van der Waals surface area (Å²) in [7, 11) is 0. The van der Waals surface area contributed by atoms with Gasteiger partial charge in [0.1, 0.15) is 0 Å². The molecular formula is C12H13F3O3. The Kier molecular flexibility index (Phi) is 4.72. The molecule has 100 valence electrons. The van der Waals surface area contributed by atoms with E-state index in [9.17, 15) is 18.0 Å². The van der Waals surface area contributed by atoms with E-state index in [2.05, 4.69) is 9.47 Å². The number of carbonyl (C=O) groups is 1. The normalized spacial score (nSPS) is 13.4. The minimum Gasteiger partial charge on any atom is -0.422 e. The van der Waals surface area contributed by atoms with E-state index in [0.717, 1.165) is 0 Å². The van der Waals surface area contributed by atoms with Gasteiger partial charge in [-0.15, -0.1) is 0 Å². The number of carbonyl (C=O) groups excluding carboxylic acids is 1. The average molecular weight is 262 g/mol. The lowest BCUT2D eigenvalue weighted by Gasteiger charge is -2.22. The van der Waals surface area contributed by atoms with Crippen LogP contribution in [-0.2, 0) is 9.47 Å². The second-order valence-corrected chi connectivity index (χ2v) is 3.83. The highest BCUT2D eigenvalue weighted by molar-refractivity contribution is 5.89. The molecule has 0 aliphatic carbocycles. The van der Waals surface area contributed by atoms with Crippen LogP contribution in [-0.4, -0.2) is 24.5 Å². The fourth-order valence-corrected chi connectivity index (χ4v) is 1.16. The third kappa shape index (κ3) is 4.37. The first-order valence-corrected chi connectivity index (χ1v) is 5.29. The Labute approximate surface area is 103 Å². The molecule has 0 spiro atoms. The lowest BCUT2D eigenvalue weighted by Crippen LogP contribution is -2.38. The zero-order valence-corrected chi connectivity index (χ0v) is 9.90. The van der Waals surface area contributed by atoms with Gasteiger partial charge in [-0.1, -0.05) is 18.2 Å². The fraction of sp³-hybridized carbons (Fsp3) is 0.417. The van der Waals surface area contributed by atoms with Gasteiger partial charge in [-0.05, 0) is 26.0 Å². The number of benzene rings is 1. The summed E-state index contributed by atoms with van der Waals surface area (Å²) in [6.45, 7) is 2.85. The third-order valence-electron chi connectivity index (χ3n) is 1.89. The Hall–Kier alpha value is -1.56. The molecule has 0 amide bonds. The molecule has 0 aliphatic rings. The van der Waals surface area contributed by atoms with Gasteiger partial charge in [-0.25, -0.2) is 4.79 Å². The second-order valence-electron chi connectivity index (χ2n) is 3.83. The quantitative estimate of drug-likeness (QED) is 0.617. The zero-order chi connectivity index (χ0) is 13.8. The molecule has 18 heavy (non-hydrogen) atoms. The van der Waals surface area contributed by atoms with Gasteiger partial charge in [-0.3, -0.25) is 0 Å². The largest absolute Gasteiger partial charge is 0.452 e. The predicted octanol–water partition coefficient (Wildman–Crippen LogP) is 3.16. The van der Waals surface area contributed by atoms with E-state index in [4.69, 9.17) is 0 Å². The van der Waals surface area contributed by atoms with E-state index in [-0.39, 0.29) is 5.56 Å². The first-order valence-electron chi connectivity index (χ1n) is 5.29. The molecule has 0 radical (unpaired) electrons. The van der Waals surface area contributed by atoms with Crippen LogP contribution in [0.3, 0.4) is 0 Å². The van der Waals surface area contributed by atoms with Gasteiger partial charge in [0.15, 0.2) is 0 Å². The van der Waals surface area contributed by atoms with Crippen LogP contribution in [0.2, 0.25) is 0 Å². The lowest BCUT2D eigenvalue weighted by atomic mass is 10.2. The molecule has 0 aromatic heterocycles. The third-order valence-corrected chi connectivity index (χ3v) is 1.89. The van der Waals surface area contributed by atoms with Crippen molar-refractivity contribution in [1.29, 1.82) is 0 Å². The average Bonchev–Trinajstić information content (AvgIpc) is 2.27. The van der Waals surface area contributed by atoms with Crippen molar-refractivity contribution in [1.82, 2.24) is 0 Å². The van der Waals surface area contributed by atoms with E-state index in [0.29, 0.717) is 0 Å². The smallest absolute Gasteiger partial charge is 0.422 e. The van der Waals surface area contributed by atoms with Gasteiger partial charge in [0, 0.05) is 0 Å². The maximum atomic E-state index is 12.6. The number of ether oxygens (including phenoxy) is 2. The number of halogens is 3. The van der Waals surface area contributed by atoms with E-state index in [1.807, 2.05) is 0 Å². The van der Waals surface area contributed by atoms with Gasteiger partial charge in [0.2, 0.25) is 0 Å². The molecular weight excluding hydrogens is 249 g/mol. The Morgan fingerprint density at radius 3 is 2.17 bits per heavy atom. The van der Waals surface area contributed by atoms with Crippen molar-refractivity contribution >= 4 is 5.97 Å². The molecule has 0 saturated heterocycles. The Morgan fingerprint density at radius 1 is 1.17 bits per heavy atom.